The van der Waals surface area contributed by atoms with Gasteiger partial charge in [-0.1, -0.05) is 0 Å². The Morgan fingerprint density at radius 3 is 2.24 bits per heavy atom. The summed E-state index contributed by atoms with van der Waals surface area (Å²) in [6.07, 6.45) is 0. The van der Waals surface area contributed by atoms with Crippen molar-refractivity contribution < 1.29 is 24.1 Å². The molecule has 0 unspecified atom stereocenters. The Morgan fingerprint density at radius 1 is 1.08 bits per heavy atom. The van der Waals surface area contributed by atoms with Crippen molar-refractivity contribution in [3.8, 4) is 5.75 Å². The second-order valence-electron chi connectivity index (χ2n) is 6.88. The standard InChI is InChI=1S/C18H28N4O3/c1-14(2)19-18(24)20-17(23)13-22-10-8-21(9-11-22)12-15-4-6-16(25-3)7-5-15/h4-7,14H,8-13H2,1-3H3,(H2,19,20,23,24)/p+2. The molecule has 1 heterocycles. The van der Waals surface area contributed by atoms with Crippen LogP contribution in [-0.2, 0) is 11.3 Å². The van der Waals surface area contributed by atoms with Gasteiger partial charge in [0.15, 0.2) is 6.54 Å². The number of urea groups is 1. The van der Waals surface area contributed by atoms with Crippen molar-refractivity contribution in [1.82, 2.24) is 10.6 Å². The highest BCUT2D eigenvalue weighted by Crippen LogP contribution is 2.10. The van der Waals surface area contributed by atoms with E-state index >= 15 is 0 Å². The summed E-state index contributed by atoms with van der Waals surface area (Å²) in [5, 5.41) is 5.05. The summed E-state index contributed by atoms with van der Waals surface area (Å²) in [7, 11) is 1.67. The van der Waals surface area contributed by atoms with E-state index in [9.17, 15) is 9.59 Å². The van der Waals surface area contributed by atoms with Crippen molar-refractivity contribution in [2.45, 2.75) is 26.4 Å². The van der Waals surface area contributed by atoms with Crippen LogP contribution in [0.15, 0.2) is 24.3 Å². The van der Waals surface area contributed by atoms with Crippen LogP contribution >= 0.6 is 0 Å². The first-order chi connectivity index (χ1) is 12.0. The lowest BCUT2D eigenvalue weighted by molar-refractivity contribution is -1.02. The second-order valence-corrected chi connectivity index (χ2v) is 6.88. The summed E-state index contributed by atoms with van der Waals surface area (Å²) in [6.45, 7) is 8.97. The normalized spacial score (nSPS) is 20.2. The number of nitrogens with one attached hydrogen (secondary N) is 4. The smallest absolute Gasteiger partial charge is 0.321 e. The van der Waals surface area contributed by atoms with Crippen LogP contribution in [0.25, 0.3) is 0 Å². The van der Waals surface area contributed by atoms with Crippen LogP contribution in [-0.4, -0.2) is 57.8 Å². The minimum absolute atomic E-state index is 0.0187. The summed E-state index contributed by atoms with van der Waals surface area (Å²) in [4.78, 5) is 26.2. The first-order valence-electron chi connectivity index (χ1n) is 8.86. The molecule has 1 saturated heterocycles. The Kier molecular flexibility index (Phi) is 7.21. The first kappa shape index (κ1) is 19.2. The maximum Gasteiger partial charge on any atom is 0.321 e. The van der Waals surface area contributed by atoms with Gasteiger partial charge in [0, 0.05) is 11.6 Å². The molecule has 0 aromatic heterocycles. The molecule has 138 valence electrons. The molecule has 7 heteroatoms. The fourth-order valence-corrected chi connectivity index (χ4v) is 3.04. The molecular formula is C18H30N4O3+2. The lowest BCUT2D eigenvalue weighted by atomic mass is 10.2. The molecule has 25 heavy (non-hydrogen) atoms. The third-order valence-corrected chi connectivity index (χ3v) is 4.36. The van der Waals surface area contributed by atoms with Crippen molar-refractivity contribution in [1.29, 1.82) is 0 Å². The molecule has 1 fully saturated rings. The van der Waals surface area contributed by atoms with Crippen LogP contribution in [0, 0.1) is 0 Å². The zero-order chi connectivity index (χ0) is 18.2. The Hall–Kier alpha value is -2.12. The number of benzene rings is 1. The van der Waals surface area contributed by atoms with E-state index in [1.165, 1.54) is 15.4 Å². The average Bonchev–Trinajstić information content (AvgIpc) is 2.56. The van der Waals surface area contributed by atoms with Crippen LogP contribution in [0.3, 0.4) is 0 Å². The molecule has 2 rings (SSSR count). The summed E-state index contributed by atoms with van der Waals surface area (Å²) < 4.78 is 5.18. The Bertz CT molecular complexity index is 566. The number of imide groups is 1. The molecule has 0 saturated carbocycles. The number of rotatable bonds is 6. The molecule has 4 N–H and O–H groups in total. The van der Waals surface area contributed by atoms with Gasteiger partial charge in [0.1, 0.15) is 38.5 Å². The van der Waals surface area contributed by atoms with Gasteiger partial charge in [0.25, 0.3) is 5.91 Å². The van der Waals surface area contributed by atoms with Crippen molar-refractivity contribution in [3.63, 3.8) is 0 Å². The lowest BCUT2D eigenvalue weighted by Gasteiger charge is -2.29. The van der Waals surface area contributed by atoms with Crippen molar-refractivity contribution in [3.05, 3.63) is 29.8 Å². The van der Waals surface area contributed by atoms with Crippen LogP contribution in [0.2, 0.25) is 0 Å². The van der Waals surface area contributed by atoms with Crippen molar-refractivity contribution >= 4 is 11.9 Å². The van der Waals surface area contributed by atoms with Crippen LogP contribution in [0.5, 0.6) is 5.75 Å². The molecule has 7 nitrogen and oxygen atoms in total. The largest absolute Gasteiger partial charge is 0.497 e. The molecule has 0 radical (unpaired) electrons. The number of carbonyl (C=O) groups is 2. The van der Waals surface area contributed by atoms with Gasteiger partial charge in [-0.3, -0.25) is 10.1 Å². The van der Waals surface area contributed by atoms with Crippen LogP contribution in [0.4, 0.5) is 4.79 Å². The molecule has 0 spiro atoms. The highest BCUT2D eigenvalue weighted by atomic mass is 16.5. The van der Waals surface area contributed by atoms with Gasteiger partial charge in [-0.05, 0) is 38.1 Å². The highest BCUT2D eigenvalue weighted by molar-refractivity contribution is 5.94. The summed E-state index contributed by atoms with van der Waals surface area (Å²) in [6, 6.07) is 7.79. The minimum atomic E-state index is -0.414. The molecule has 1 aliphatic rings. The van der Waals surface area contributed by atoms with Gasteiger partial charge in [0.05, 0.1) is 7.11 Å². The van der Waals surface area contributed by atoms with E-state index < -0.39 is 6.03 Å². The fourth-order valence-electron chi connectivity index (χ4n) is 3.04. The number of methoxy groups -OCH3 is 1. The molecule has 1 aromatic carbocycles. The third kappa shape index (κ3) is 6.72. The highest BCUT2D eigenvalue weighted by Gasteiger charge is 2.25. The maximum absolute atomic E-state index is 11.9. The third-order valence-electron chi connectivity index (χ3n) is 4.36. The predicted octanol–water partition coefficient (Wildman–Crippen LogP) is -1.79. The summed E-state index contributed by atoms with van der Waals surface area (Å²) in [5.41, 5.74) is 1.29. The molecular weight excluding hydrogens is 320 g/mol. The Morgan fingerprint density at radius 2 is 1.68 bits per heavy atom. The average molecular weight is 350 g/mol. The van der Waals surface area contributed by atoms with E-state index in [1.54, 1.807) is 7.11 Å². The van der Waals surface area contributed by atoms with Crippen molar-refractivity contribution in [2.24, 2.45) is 0 Å². The van der Waals surface area contributed by atoms with Crippen molar-refractivity contribution in [2.75, 3.05) is 39.8 Å². The number of hydrogen-bond donors (Lipinski definition) is 4. The zero-order valence-corrected chi connectivity index (χ0v) is 15.4. The maximum atomic E-state index is 11.9. The van der Waals surface area contributed by atoms with Gasteiger partial charge in [0.2, 0.25) is 0 Å². The van der Waals surface area contributed by atoms with E-state index in [1.807, 2.05) is 26.0 Å². The van der Waals surface area contributed by atoms with E-state index in [-0.39, 0.29) is 11.9 Å². The van der Waals surface area contributed by atoms with Crippen LogP contribution < -0.4 is 25.2 Å². The summed E-state index contributed by atoms with van der Waals surface area (Å²) in [5.74, 6) is 0.660. The minimum Gasteiger partial charge on any atom is -0.497 e. The van der Waals surface area contributed by atoms with E-state index in [0.717, 1.165) is 38.5 Å². The van der Waals surface area contributed by atoms with E-state index in [4.69, 9.17) is 4.74 Å². The SMILES string of the molecule is COc1ccc(C[NH+]2CC[NH+](CC(=O)NC(=O)NC(C)C)CC2)cc1. The molecule has 0 bridgehead atoms. The second kappa shape index (κ2) is 9.39. The quantitative estimate of drug-likeness (QED) is 0.490. The molecule has 1 aromatic rings. The molecule has 1 aliphatic heterocycles. The number of quaternary nitrogens is 2. The molecule has 0 aliphatic carbocycles. The van der Waals surface area contributed by atoms with Gasteiger partial charge >= 0.3 is 6.03 Å². The monoisotopic (exact) mass is 350 g/mol. The summed E-state index contributed by atoms with van der Waals surface area (Å²) >= 11 is 0. The van der Waals surface area contributed by atoms with E-state index in [2.05, 4.69) is 22.8 Å². The van der Waals surface area contributed by atoms with E-state index in [0.29, 0.717) is 6.54 Å². The number of hydrogen-bond acceptors (Lipinski definition) is 3. The van der Waals surface area contributed by atoms with Gasteiger partial charge in [-0.15, -0.1) is 0 Å². The molecule has 0 atom stereocenters. The fraction of sp³-hybridized carbons (Fsp3) is 0.556. The van der Waals surface area contributed by atoms with Gasteiger partial charge in [-0.2, -0.15) is 0 Å². The number of amides is 3. The number of carbonyl (C=O) groups excluding carboxylic acids is 2. The van der Waals surface area contributed by atoms with Gasteiger partial charge < -0.3 is 19.9 Å². The Balaban J connectivity index is 1.70. The van der Waals surface area contributed by atoms with Gasteiger partial charge in [-0.25, -0.2) is 4.79 Å². The number of ether oxygens (including phenoxy) is 1. The predicted molar refractivity (Wildman–Crippen MR) is 94.8 cm³/mol. The Labute approximate surface area is 149 Å². The zero-order valence-electron chi connectivity index (χ0n) is 15.4. The molecule has 3 amide bonds. The number of piperazine rings is 1. The lowest BCUT2D eigenvalue weighted by Crippen LogP contribution is -3.28. The van der Waals surface area contributed by atoms with Crippen LogP contribution in [0.1, 0.15) is 19.4 Å². The topological polar surface area (TPSA) is 76.3 Å². The first-order valence-corrected chi connectivity index (χ1v) is 8.86.